The molecule has 1 unspecified atom stereocenters. The number of hydrogen-bond acceptors (Lipinski definition) is 7. The molecule has 1 fully saturated rings. The molecule has 8 heteroatoms. The van der Waals surface area contributed by atoms with Gasteiger partial charge < -0.3 is 9.84 Å². The lowest BCUT2D eigenvalue weighted by molar-refractivity contribution is -0.132. The topological polar surface area (TPSA) is 92.6 Å². The van der Waals surface area contributed by atoms with Gasteiger partial charge in [-0.25, -0.2) is 4.98 Å². The lowest BCUT2D eigenvalue weighted by Gasteiger charge is -2.23. The molecule has 0 saturated carbocycles. The minimum atomic E-state index is -0.848. The molecular weight excluding hydrogens is 510 g/mol. The summed E-state index contributed by atoms with van der Waals surface area (Å²) in [7, 11) is 0. The molecule has 3 heterocycles. The summed E-state index contributed by atoms with van der Waals surface area (Å²) in [6.45, 7) is 6.80. The van der Waals surface area contributed by atoms with Crippen LogP contribution in [0.5, 0.6) is 5.75 Å². The van der Waals surface area contributed by atoms with Gasteiger partial charge in [0.05, 0.1) is 28.4 Å². The van der Waals surface area contributed by atoms with Crippen molar-refractivity contribution in [3.05, 3.63) is 88.8 Å². The zero-order valence-corrected chi connectivity index (χ0v) is 23.1. The Morgan fingerprint density at radius 3 is 2.49 bits per heavy atom. The Labute approximate surface area is 231 Å². The normalized spacial score (nSPS) is 16.8. The molecule has 0 spiro atoms. The Balaban J connectivity index is 1.57. The van der Waals surface area contributed by atoms with E-state index in [2.05, 4.69) is 11.9 Å². The highest BCUT2D eigenvalue weighted by atomic mass is 32.1. The first-order valence-corrected chi connectivity index (χ1v) is 14.0. The zero-order valence-electron chi connectivity index (χ0n) is 22.3. The predicted octanol–water partition coefficient (Wildman–Crippen LogP) is 6.89. The molecule has 0 radical (unpaired) electrons. The maximum atomic E-state index is 13.5. The number of aliphatic hydroxyl groups is 1. The summed E-state index contributed by atoms with van der Waals surface area (Å²) in [6, 6.07) is 13.8. The van der Waals surface area contributed by atoms with Crippen LogP contribution in [0.2, 0.25) is 0 Å². The number of Topliss-reactive ketones (excluding diaryl/α,β-unsaturated/α-hetero) is 1. The number of fused-ring (bicyclic) bond motifs is 1. The molecule has 1 atom stereocenters. The first-order chi connectivity index (χ1) is 18.9. The number of carbonyl (C=O) groups excluding carboxylic acids is 2. The number of carbonyl (C=O) groups is 2. The molecular formula is C31H31N3O4S. The third-order valence-corrected chi connectivity index (χ3v) is 7.89. The van der Waals surface area contributed by atoms with Gasteiger partial charge in [0, 0.05) is 18.0 Å². The van der Waals surface area contributed by atoms with Crippen LogP contribution in [0.15, 0.2) is 66.5 Å². The number of pyridine rings is 1. The third kappa shape index (κ3) is 5.29. The molecule has 7 nitrogen and oxygen atoms in total. The van der Waals surface area contributed by atoms with E-state index in [9.17, 15) is 14.7 Å². The largest absolute Gasteiger partial charge is 0.507 e. The number of ether oxygens (including phenoxy) is 1. The van der Waals surface area contributed by atoms with E-state index >= 15 is 0 Å². The minimum absolute atomic E-state index is 0.0200. The molecule has 5 rings (SSSR count). The smallest absolute Gasteiger partial charge is 0.301 e. The summed E-state index contributed by atoms with van der Waals surface area (Å²) in [6.07, 6.45) is 7.53. The van der Waals surface area contributed by atoms with Crippen LogP contribution in [-0.4, -0.2) is 33.4 Å². The van der Waals surface area contributed by atoms with E-state index in [0.29, 0.717) is 28.6 Å². The number of ketones is 1. The predicted molar refractivity (Wildman–Crippen MR) is 154 cm³/mol. The van der Waals surface area contributed by atoms with E-state index < -0.39 is 17.7 Å². The Kier molecular flexibility index (Phi) is 7.74. The highest BCUT2D eigenvalue weighted by Crippen LogP contribution is 2.45. The van der Waals surface area contributed by atoms with Crippen molar-refractivity contribution in [2.75, 3.05) is 11.5 Å². The third-order valence-electron chi connectivity index (χ3n) is 6.89. The molecule has 1 amide bonds. The van der Waals surface area contributed by atoms with E-state index in [1.165, 1.54) is 41.5 Å². The fourth-order valence-corrected chi connectivity index (χ4v) is 6.11. The van der Waals surface area contributed by atoms with Crippen molar-refractivity contribution in [2.24, 2.45) is 0 Å². The van der Waals surface area contributed by atoms with Gasteiger partial charge in [0.25, 0.3) is 5.78 Å². The van der Waals surface area contributed by atoms with Crippen LogP contribution in [0, 0.1) is 13.8 Å². The fourth-order valence-electron chi connectivity index (χ4n) is 4.94. The average molecular weight is 542 g/mol. The molecule has 39 heavy (non-hydrogen) atoms. The van der Waals surface area contributed by atoms with Gasteiger partial charge >= 0.3 is 5.91 Å². The van der Waals surface area contributed by atoms with Crippen LogP contribution in [-0.2, 0) is 9.59 Å². The zero-order chi connectivity index (χ0) is 27.5. The lowest BCUT2D eigenvalue weighted by Crippen LogP contribution is -2.29. The maximum Gasteiger partial charge on any atom is 0.301 e. The van der Waals surface area contributed by atoms with Crippen LogP contribution in [0.1, 0.15) is 60.9 Å². The second kappa shape index (κ2) is 11.4. The quantitative estimate of drug-likeness (QED) is 0.107. The molecule has 1 aliphatic heterocycles. The number of aromatic nitrogens is 2. The van der Waals surface area contributed by atoms with E-state index in [0.717, 1.165) is 34.2 Å². The van der Waals surface area contributed by atoms with Crippen molar-refractivity contribution < 1.29 is 19.4 Å². The van der Waals surface area contributed by atoms with Crippen molar-refractivity contribution >= 4 is 44.1 Å². The first-order valence-electron chi connectivity index (χ1n) is 13.2. The van der Waals surface area contributed by atoms with Crippen molar-refractivity contribution in [3.8, 4) is 5.75 Å². The Morgan fingerprint density at radius 1 is 1.03 bits per heavy atom. The second-order valence-corrected chi connectivity index (χ2v) is 10.8. The van der Waals surface area contributed by atoms with Crippen LogP contribution < -0.4 is 9.64 Å². The molecule has 2 aromatic heterocycles. The molecule has 4 aromatic rings. The summed E-state index contributed by atoms with van der Waals surface area (Å²) in [5, 5.41) is 11.7. The van der Waals surface area contributed by atoms with Crippen molar-refractivity contribution in [3.63, 3.8) is 0 Å². The lowest BCUT2D eigenvalue weighted by atomic mass is 9.95. The summed E-state index contributed by atoms with van der Waals surface area (Å²) >= 11 is 1.36. The molecule has 0 bridgehead atoms. The van der Waals surface area contributed by atoms with Gasteiger partial charge in [0.15, 0.2) is 5.13 Å². The summed E-state index contributed by atoms with van der Waals surface area (Å²) in [5.41, 5.74) is 3.99. The van der Waals surface area contributed by atoms with E-state index in [1.807, 2.05) is 50.2 Å². The first kappa shape index (κ1) is 26.6. The van der Waals surface area contributed by atoms with Crippen LogP contribution >= 0.6 is 11.3 Å². The standard InChI is InChI=1S/C31H31N3O4S/c1-4-5-6-7-16-38-23-10-8-21(9-11-23)27-25(28(35)22-12-14-32-15-13-22)29(36)30(37)34(27)31-33-26-20(3)17-19(2)18-24(26)39-31/h8-15,17-18,27,35H,4-7,16H2,1-3H3. The number of nitrogens with zero attached hydrogens (tertiary/aromatic N) is 3. The van der Waals surface area contributed by atoms with Crippen LogP contribution in [0.25, 0.3) is 16.0 Å². The maximum absolute atomic E-state index is 13.5. The molecule has 2 aromatic carbocycles. The number of amides is 1. The van der Waals surface area contributed by atoms with Gasteiger partial charge in [-0.2, -0.15) is 0 Å². The van der Waals surface area contributed by atoms with Crippen LogP contribution in [0.4, 0.5) is 5.13 Å². The SMILES string of the molecule is CCCCCCOc1ccc(C2C(=C(O)c3ccncc3)C(=O)C(=O)N2c2nc3c(C)cc(C)cc3s2)cc1. The molecule has 1 aliphatic rings. The number of hydrogen-bond donors (Lipinski definition) is 1. The number of aryl methyl sites for hydroxylation is 2. The number of anilines is 1. The summed E-state index contributed by atoms with van der Waals surface area (Å²) in [5.74, 6) is -1.00. The van der Waals surface area contributed by atoms with E-state index in [1.54, 1.807) is 12.1 Å². The molecule has 1 saturated heterocycles. The van der Waals surface area contributed by atoms with Crippen molar-refractivity contribution in [1.29, 1.82) is 0 Å². The van der Waals surface area contributed by atoms with E-state index in [4.69, 9.17) is 9.72 Å². The minimum Gasteiger partial charge on any atom is -0.507 e. The van der Waals surface area contributed by atoms with Crippen LogP contribution in [0.3, 0.4) is 0 Å². The van der Waals surface area contributed by atoms with Gasteiger partial charge in [0.1, 0.15) is 11.5 Å². The fraction of sp³-hybridized carbons (Fsp3) is 0.290. The van der Waals surface area contributed by atoms with Gasteiger partial charge in [0.2, 0.25) is 0 Å². The van der Waals surface area contributed by atoms with Gasteiger partial charge in [-0.1, -0.05) is 55.7 Å². The Hall–Kier alpha value is -4.04. The van der Waals surface area contributed by atoms with Gasteiger partial charge in [-0.15, -0.1) is 0 Å². The number of aliphatic hydroxyl groups excluding tert-OH is 1. The van der Waals surface area contributed by atoms with E-state index in [-0.39, 0.29) is 11.3 Å². The highest BCUT2D eigenvalue weighted by molar-refractivity contribution is 7.22. The van der Waals surface area contributed by atoms with Gasteiger partial charge in [-0.05, 0) is 67.3 Å². The number of thiazole rings is 1. The number of rotatable bonds is 9. The Morgan fingerprint density at radius 2 is 1.77 bits per heavy atom. The second-order valence-electron chi connectivity index (χ2n) is 9.81. The monoisotopic (exact) mass is 541 g/mol. The molecule has 0 aliphatic carbocycles. The molecule has 200 valence electrons. The van der Waals surface area contributed by atoms with Gasteiger partial charge in [-0.3, -0.25) is 19.5 Å². The number of benzene rings is 2. The average Bonchev–Trinajstić information content (AvgIpc) is 3.47. The highest BCUT2D eigenvalue weighted by Gasteiger charge is 2.48. The summed E-state index contributed by atoms with van der Waals surface area (Å²) in [4.78, 5) is 37.2. The van der Waals surface area contributed by atoms with Crippen molar-refractivity contribution in [1.82, 2.24) is 9.97 Å². The van der Waals surface area contributed by atoms with Crippen molar-refractivity contribution in [2.45, 2.75) is 52.5 Å². The summed E-state index contributed by atoms with van der Waals surface area (Å²) < 4.78 is 6.84. The Bertz CT molecular complexity index is 1540. The number of unbranched alkanes of at least 4 members (excludes halogenated alkanes) is 3. The molecule has 1 N–H and O–H groups in total.